The summed E-state index contributed by atoms with van der Waals surface area (Å²) < 4.78 is 1.96. The molecular formula is C24H35N5O2. The highest BCUT2D eigenvalue weighted by molar-refractivity contribution is 5.79. The van der Waals surface area contributed by atoms with Gasteiger partial charge in [0.15, 0.2) is 11.5 Å². The van der Waals surface area contributed by atoms with Crippen molar-refractivity contribution in [1.29, 1.82) is 0 Å². The molecule has 2 aliphatic rings. The summed E-state index contributed by atoms with van der Waals surface area (Å²) in [6.07, 6.45) is 12.7. The highest BCUT2D eigenvalue weighted by Crippen LogP contribution is 2.29. The Morgan fingerprint density at radius 1 is 1.10 bits per heavy atom. The number of hydrogen-bond donors (Lipinski definition) is 2. The Kier molecular flexibility index (Phi) is 7.20. The molecule has 0 bridgehead atoms. The Morgan fingerprint density at radius 2 is 1.87 bits per heavy atom. The van der Waals surface area contributed by atoms with Gasteiger partial charge in [0, 0.05) is 24.6 Å². The second-order valence-corrected chi connectivity index (χ2v) is 9.31. The number of amides is 2. The molecule has 2 aromatic heterocycles. The lowest BCUT2D eigenvalue weighted by Crippen LogP contribution is -2.42. The first kappa shape index (κ1) is 21.8. The Bertz CT molecular complexity index is 881. The lowest BCUT2D eigenvalue weighted by molar-refractivity contribution is -0.127. The molecule has 1 unspecified atom stereocenters. The number of nitrogens with zero attached hydrogens (tertiary/aromatic N) is 3. The molecule has 7 heteroatoms. The van der Waals surface area contributed by atoms with Crippen molar-refractivity contribution in [3.8, 4) is 0 Å². The van der Waals surface area contributed by atoms with Crippen molar-refractivity contribution in [2.24, 2.45) is 11.8 Å². The fourth-order valence-corrected chi connectivity index (χ4v) is 5.20. The maximum Gasteiger partial charge on any atom is 0.223 e. The summed E-state index contributed by atoms with van der Waals surface area (Å²) in [7, 11) is 0. The SMILES string of the molecule is CCCC(NC(=O)C1CCC(NC(=O)CC2CCCC2)CC1)c1nnc2ccccn12. The van der Waals surface area contributed by atoms with Gasteiger partial charge in [-0.15, -0.1) is 10.2 Å². The molecule has 0 radical (unpaired) electrons. The second-order valence-electron chi connectivity index (χ2n) is 9.31. The number of hydrogen-bond acceptors (Lipinski definition) is 4. The number of carbonyl (C=O) groups is 2. The molecule has 2 N–H and O–H groups in total. The average molecular weight is 426 g/mol. The minimum atomic E-state index is -0.140. The summed E-state index contributed by atoms with van der Waals surface area (Å²) in [5.74, 6) is 1.66. The molecule has 2 fully saturated rings. The first-order chi connectivity index (χ1) is 15.1. The maximum atomic E-state index is 13.0. The third-order valence-electron chi connectivity index (χ3n) is 6.96. The predicted molar refractivity (Wildman–Crippen MR) is 119 cm³/mol. The molecule has 2 saturated carbocycles. The van der Waals surface area contributed by atoms with E-state index in [2.05, 4.69) is 27.8 Å². The van der Waals surface area contributed by atoms with E-state index in [-0.39, 0.29) is 29.8 Å². The Labute approximate surface area is 184 Å². The molecular weight excluding hydrogens is 390 g/mol. The molecule has 2 amide bonds. The van der Waals surface area contributed by atoms with E-state index in [1.54, 1.807) is 0 Å². The van der Waals surface area contributed by atoms with Crippen molar-refractivity contribution in [1.82, 2.24) is 25.2 Å². The minimum absolute atomic E-state index is 0.00141. The van der Waals surface area contributed by atoms with Gasteiger partial charge in [0.2, 0.25) is 11.8 Å². The summed E-state index contributed by atoms with van der Waals surface area (Å²) in [6.45, 7) is 2.11. The van der Waals surface area contributed by atoms with Crippen LogP contribution in [0.2, 0.25) is 0 Å². The van der Waals surface area contributed by atoms with E-state index >= 15 is 0 Å². The van der Waals surface area contributed by atoms with Crippen LogP contribution in [0.4, 0.5) is 0 Å². The number of rotatable bonds is 8. The van der Waals surface area contributed by atoms with Crippen LogP contribution in [-0.2, 0) is 9.59 Å². The van der Waals surface area contributed by atoms with E-state index in [4.69, 9.17) is 0 Å². The molecule has 7 nitrogen and oxygen atoms in total. The number of fused-ring (bicyclic) bond motifs is 1. The topological polar surface area (TPSA) is 88.4 Å². The van der Waals surface area contributed by atoms with Crippen LogP contribution in [0, 0.1) is 11.8 Å². The molecule has 2 aliphatic carbocycles. The molecule has 168 valence electrons. The summed E-state index contributed by atoms with van der Waals surface area (Å²) in [5, 5.41) is 15.0. The third kappa shape index (κ3) is 5.43. The zero-order chi connectivity index (χ0) is 21.6. The monoisotopic (exact) mass is 425 g/mol. The van der Waals surface area contributed by atoms with E-state index in [0.717, 1.165) is 50.0 Å². The molecule has 2 aromatic rings. The lowest BCUT2D eigenvalue weighted by Gasteiger charge is -2.29. The molecule has 4 rings (SSSR count). The van der Waals surface area contributed by atoms with Crippen molar-refractivity contribution < 1.29 is 9.59 Å². The number of aromatic nitrogens is 3. The summed E-state index contributed by atoms with van der Waals surface area (Å²) in [5.41, 5.74) is 0.793. The van der Waals surface area contributed by atoms with Crippen LogP contribution < -0.4 is 10.6 Å². The molecule has 0 saturated heterocycles. The van der Waals surface area contributed by atoms with Gasteiger partial charge in [0.05, 0.1) is 6.04 Å². The van der Waals surface area contributed by atoms with E-state index in [9.17, 15) is 9.59 Å². The number of carbonyl (C=O) groups excluding carboxylic acids is 2. The fraction of sp³-hybridized carbons (Fsp3) is 0.667. The Balaban J connectivity index is 1.28. The van der Waals surface area contributed by atoms with Crippen molar-refractivity contribution in [3.63, 3.8) is 0 Å². The predicted octanol–water partition coefficient (Wildman–Crippen LogP) is 3.94. The maximum absolute atomic E-state index is 13.0. The first-order valence-electron chi connectivity index (χ1n) is 12.0. The highest BCUT2D eigenvalue weighted by atomic mass is 16.2. The van der Waals surface area contributed by atoms with Gasteiger partial charge in [-0.2, -0.15) is 0 Å². The van der Waals surface area contributed by atoms with E-state index in [1.807, 2.05) is 28.8 Å². The second kappa shape index (κ2) is 10.2. The van der Waals surface area contributed by atoms with Gasteiger partial charge in [-0.3, -0.25) is 14.0 Å². The van der Waals surface area contributed by atoms with Crippen molar-refractivity contribution >= 4 is 17.5 Å². The molecule has 0 aliphatic heterocycles. The summed E-state index contributed by atoms with van der Waals surface area (Å²) in [4.78, 5) is 25.4. The van der Waals surface area contributed by atoms with Gasteiger partial charge >= 0.3 is 0 Å². The molecule has 1 atom stereocenters. The van der Waals surface area contributed by atoms with Crippen molar-refractivity contribution in [3.05, 3.63) is 30.2 Å². The van der Waals surface area contributed by atoms with Crippen LogP contribution in [0.1, 0.15) is 89.4 Å². The largest absolute Gasteiger partial charge is 0.353 e. The summed E-state index contributed by atoms with van der Waals surface area (Å²) in [6, 6.07) is 5.88. The van der Waals surface area contributed by atoms with E-state index in [1.165, 1.54) is 25.7 Å². The first-order valence-corrected chi connectivity index (χ1v) is 12.0. The zero-order valence-electron chi connectivity index (χ0n) is 18.6. The summed E-state index contributed by atoms with van der Waals surface area (Å²) >= 11 is 0. The zero-order valence-corrected chi connectivity index (χ0v) is 18.6. The van der Waals surface area contributed by atoms with Crippen molar-refractivity contribution in [2.75, 3.05) is 0 Å². The van der Waals surface area contributed by atoms with Crippen LogP contribution in [0.3, 0.4) is 0 Å². The van der Waals surface area contributed by atoms with Crippen LogP contribution in [-0.4, -0.2) is 32.5 Å². The molecule has 31 heavy (non-hydrogen) atoms. The average Bonchev–Trinajstić information content (AvgIpc) is 3.43. The Hall–Kier alpha value is -2.44. The van der Waals surface area contributed by atoms with E-state index < -0.39 is 0 Å². The van der Waals surface area contributed by atoms with Gasteiger partial charge in [-0.1, -0.05) is 32.3 Å². The molecule has 2 heterocycles. The lowest BCUT2D eigenvalue weighted by atomic mass is 9.85. The third-order valence-corrected chi connectivity index (χ3v) is 6.96. The highest BCUT2D eigenvalue weighted by Gasteiger charge is 2.30. The minimum Gasteiger partial charge on any atom is -0.353 e. The van der Waals surface area contributed by atoms with Gasteiger partial charge in [-0.05, 0) is 63.0 Å². The van der Waals surface area contributed by atoms with Gasteiger partial charge < -0.3 is 10.6 Å². The molecule has 0 spiro atoms. The van der Waals surface area contributed by atoms with Gasteiger partial charge in [0.1, 0.15) is 0 Å². The van der Waals surface area contributed by atoms with E-state index in [0.29, 0.717) is 12.3 Å². The Morgan fingerprint density at radius 3 is 2.61 bits per heavy atom. The van der Waals surface area contributed by atoms with Crippen molar-refractivity contribution in [2.45, 2.75) is 89.6 Å². The quantitative estimate of drug-likeness (QED) is 0.670. The fourth-order valence-electron chi connectivity index (χ4n) is 5.20. The van der Waals surface area contributed by atoms with Crippen LogP contribution in [0.5, 0.6) is 0 Å². The van der Waals surface area contributed by atoms with Crippen LogP contribution in [0.25, 0.3) is 5.65 Å². The smallest absolute Gasteiger partial charge is 0.223 e. The number of nitrogens with one attached hydrogen (secondary N) is 2. The van der Waals surface area contributed by atoms with Crippen LogP contribution >= 0.6 is 0 Å². The standard InChI is InChI=1S/C24H35N5O2/c1-2-7-20(23-28-27-21-10-5-6-15-29(21)23)26-24(31)18-11-13-19(14-12-18)25-22(30)16-17-8-3-4-9-17/h5-6,10,15,17-20H,2-4,7-9,11-14,16H2,1H3,(H,25,30)(H,26,31). The van der Waals surface area contributed by atoms with Gasteiger partial charge in [0.25, 0.3) is 0 Å². The number of pyridine rings is 1. The molecule has 0 aromatic carbocycles. The van der Waals surface area contributed by atoms with Crippen LogP contribution in [0.15, 0.2) is 24.4 Å². The normalized spacial score (nSPS) is 23.0. The van der Waals surface area contributed by atoms with Gasteiger partial charge in [-0.25, -0.2) is 0 Å².